The molecule has 1 rings (SSSR count). The fraction of sp³-hybridized carbons (Fsp3) is 0.111. The maximum atomic E-state index is 9.05. The molecule has 0 spiro atoms. The Morgan fingerprint density at radius 1 is 1.50 bits per heavy atom. The van der Waals surface area contributed by atoms with Gasteiger partial charge in [-0.05, 0) is 28.7 Å². The summed E-state index contributed by atoms with van der Waals surface area (Å²) in [4.78, 5) is 0. The lowest BCUT2D eigenvalue weighted by Crippen LogP contribution is -2.08. The van der Waals surface area contributed by atoms with Crippen LogP contribution in [0.4, 0.5) is 0 Å². The van der Waals surface area contributed by atoms with Gasteiger partial charge in [0.1, 0.15) is 6.23 Å². The molecule has 2 nitrogen and oxygen atoms in total. The Hall–Kier alpha value is -0.770. The first-order valence-electron chi connectivity index (χ1n) is 3.58. The van der Waals surface area contributed by atoms with Gasteiger partial charge in [0.2, 0.25) is 0 Å². The van der Waals surface area contributed by atoms with E-state index in [9.17, 15) is 0 Å². The van der Waals surface area contributed by atoms with Crippen molar-refractivity contribution in [1.82, 2.24) is 0 Å². The Balaban J connectivity index is 2.95. The van der Waals surface area contributed by atoms with E-state index in [0.29, 0.717) is 5.56 Å². The fourth-order valence-corrected chi connectivity index (χ4v) is 1.10. The molecule has 0 amide bonds. The Labute approximate surface area is 77.1 Å². The van der Waals surface area contributed by atoms with Crippen LogP contribution in [0.5, 0.6) is 0 Å². The fourth-order valence-electron chi connectivity index (χ4n) is 0.933. The SMILES string of the molecule is NC(O)c1cccc(/C=C/S)c1. The van der Waals surface area contributed by atoms with Crippen molar-refractivity contribution in [3.63, 3.8) is 0 Å². The summed E-state index contributed by atoms with van der Waals surface area (Å²) in [6.07, 6.45) is 0.924. The van der Waals surface area contributed by atoms with E-state index in [1.807, 2.05) is 24.3 Å². The molecule has 3 N–H and O–H groups in total. The summed E-state index contributed by atoms with van der Waals surface area (Å²) in [7, 11) is 0. The van der Waals surface area contributed by atoms with Gasteiger partial charge in [0.05, 0.1) is 0 Å². The zero-order valence-corrected chi connectivity index (χ0v) is 7.41. The number of hydrogen-bond acceptors (Lipinski definition) is 3. The van der Waals surface area contributed by atoms with Gasteiger partial charge in [0.25, 0.3) is 0 Å². The average Bonchev–Trinajstić information content (AvgIpc) is 2.05. The third-order valence-corrected chi connectivity index (χ3v) is 1.67. The molecule has 3 heteroatoms. The first kappa shape index (κ1) is 9.32. The maximum Gasteiger partial charge on any atom is 0.128 e. The van der Waals surface area contributed by atoms with Crippen LogP contribution in [0.15, 0.2) is 29.7 Å². The molecule has 64 valence electrons. The van der Waals surface area contributed by atoms with Crippen molar-refractivity contribution in [2.75, 3.05) is 0 Å². The summed E-state index contributed by atoms with van der Waals surface area (Å²) in [6.45, 7) is 0. The van der Waals surface area contributed by atoms with E-state index < -0.39 is 6.23 Å². The second-order valence-corrected chi connectivity index (χ2v) is 2.73. The first-order chi connectivity index (χ1) is 5.74. The Kier molecular flexibility index (Phi) is 3.34. The molecule has 1 unspecified atom stereocenters. The molecule has 0 bridgehead atoms. The molecule has 12 heavy (non-hydrogen) atoms. The third kappa shape index (κ3) is 2.37. The smallest absolute Gasteiger partial charge is 0.128 e. The van der Waals surface area contributed by atoms with Crippen molar-refractivity contribution in [1.29, 1.82) is 0 Å². The van der Waals surface area contributed by atoms with Crippen LogP contribution in [0.25, 0.3) is 6.08 Å². The summed E-state index contributed by atoms with van der Waals surface area (Å²) >= 11 is 3.94. The molecule has 0 saturated heterocycles. The molecule has 0 aliphatic rings. The van der Waals surface area contributed by atoms with E-state index in [4.69, 9.17) is 10.8 Å². The monoisotopic (exact) mass is 181 g/mol. The van der Waals surface area contributed by atoms with Crippen molar-refractivity contribution in [3.8, 4) is 0 Å². The molecular formula is C9H11NOS. The third-order valence-electron chi connectivity index (χ3n) is 1.52. The molecule has 0 radical (unpaired) electrons. The molecule has 0 fully saturated rings. The van der Waals surface area contributed by atoms with Crippen LogP contribution in [-0.2, 0) is 0 Å². The molecule has 0 aliphatic heterocycles. The summed E-state index contributed by atoms with van der Waals surface area (Å²) in [5, 5.41) is 10.7. The summed E-state index contributed by atoms with van der Waals surface area (Å²) in [5.41, 5.74) is 6.98. The van der Waals surface area contributed by atoms with E-state index in [1.54, 1.807) is 11.5 Å². The lowest BCUT2D eigenvalue weighted by molar-refractivity contribution is 0.186. The zero-order chi connectivity index (χ0) is 8.97. The van der Waals surface area contributed by atoms with Gasteiger partial charge in [-0.25, -0.2) is 0 Å². The number of nitrogens with two attached hydrogens (primary N) is 1. The number of aliphatic hydroxyl groups excluding tert-OH is 1. The van der Waals surface area contributed by atoms with E-state index in [0.717, 1.165) is 5.56 Å². The highest BCUT2D eigenvalue weighted by Gasteiger charge is 1.99. The van der Waals surface area contributed by atoms with Gasteiger partial charge in [-0.1, -0.05) is 18.2 Å². The van der Waals surface area contributed by atoms with Gasteiger partial charge in [-0.2, -0.15) is 12.6 Å². The van der Waals surface area contributed by atoms with Crippen LogP contribution in [0, 0.1) is 0 Å². The number of rotatable bonds is 2. The molecule has 0 aliphatic carbocycles. The van der Waals surface area contributed by atoms with E-state index in [1.165, 1.54) is 0 Å². The van der Waals surface area contributed by atoms with E-state index in [2.05, 4.69) is 12.6 Å². The maximum absolute atomic E-state index is 9.05. The molecule has 0 heterocycles. The quantitative estimate of drug-likeness (QED) is 0.478. The standard InChI is InChI=1S/C9H11NOS/c10-9(11)8-3-1-2-7(6-8)4-5-12/h1-6,9,11-12H,10H2/b5-4+. The van der Waals surface area contributed by atoms with Crippen molar-refractivity contribution in [2.24, 2.45) is 5.73 Å². The lowest BCUT2D eigenvalue weighted by atomic mass is 10.1. The Morgan fingerprint density at radius 2 is 2.25 bits per heavy atom. The molecule has 1 atom stereocenters. The predicted octanol–water partition coefficient (Wildman–Crippen LogP) is 1.54. The molecule has 1 aromatic carbocycles. The van der Waals surface area contributed by atoms with Crippen LogP contribution in [0.1, 0.15) is 17.4 Å². The molecule has 1 aromatic rings. The highest BCUT2D eigenvalue weighted by molar-refractivity contribution is 7.83. The first-order valence-corrected chi connectivity index (χ1v) is 4.10. The van der Waals surface area contributed by atoms with Gasteiger partial charge < -0.3 is 10.8 Å². The van der Waals surface area contributed by atoms with Crippen molar-refractivity contribution in [3.05, 3.63) is 40.8 Å². The highest BCUT2D eigenvalue weighted by atomic mass is 32.1. The van der Waals surface area contributed by atoms with Crippen LogP contribution in [0.3, 0.4) is 0 Å². The van der Waals surface area contributed by atoms with Crippen LogP contribution >= 0.6 is 12.6 Å². The van der Waals surface area contributed by atoms with E-state index >= 15 is 0 Å². The van der Waals surface area contributed by atoms with Gasteiger partial charge >= 0.3 is 0 Å². The van der Waals surface area contributed by atoms with E-state index in [-0.39, 0.29) is 0 Å². The minimum atomic E-state index is -0.904. The molecule has 0 aromatic heterocycles. The normalized spacial score (nSPS) is 13.6. The number of aliphatic hydroxyl groups is 1. The van der Waals surface area contributed by atoms with Crippen molar-refractivity contribution in [2.45, 2.75) is 6.23 Å². The van der Waals surface area contributed by atoms with Gasteiger partial charge in [0, 0.05) is 0 Å². The average molecular weight is 181 g/mol. The van der Waals surface area contributed by atoms with Gasteiger partial charge in [-0.15, -0.1) is 0 Å². The minimum Gasteiger partial charge on any atom is -0.375 e. The lowest BCUT2D eigenvalue weighted by Gasteiger charge is -2.04. The zero-order valence-electron chi connectivity index (χ0n) is 6.51. The number of hydrogen-bond donors (Lipinski definition) is 3. The Bertz CT molecular complexity index is 284. The summed E-state index contributed by atoms with van der Waals surface area (Å²) in [6, 6.07) is 7.35. The highest BCUT2D eigenvalue weighted by Crippen LogP contribution is 2.11. The van der Waals surface area contributed by atoms with Gasteiger partial charge in [-0.3, -0.25) is 0 Å². The van der Waals surface area contributed by atoms with Gasteiger partial charge in [0.15, 0.2) is 0 Å². The predicted molar refractivity (Wildman–Crippen MR) is 53.6 cm³/mol. The summed E-state index contributed by atoms with van der Waals surface area (Å²) < 4.78 is 0. The second-order valence-electron chi connectivity index (χ2n) is 2.43. The molecule has 0 saturated carbocycles. The Morgan fingerprint density at radius 3 is 2.83 bits per heavy atom. The van der Waals surface area contributed by atoms with Crippen LogP contribution in [-0.4, -0.2) is 5.11 Å². The number of benzene rings is 1. The second kappa shape index (κ2) is 4.30. The number of thiol groups is 1. The molecular weight excluding hydrogens is 170 g/mol. The van der Waals surface area contributed by atoms with Crippen LogP contribution in [0.2, 0.25) is 0 Å². The summed E-state index contributed by atoms with van der Waals surface area (Å²) in [5.74, 6) is 0. The minimum absolute atomic E-state index is 0.707. The van der Waals surface area contributed by atoms with Crippen molar-refractivity contribution >= 4 is 18.7 Å². The largest absolute Gasteiger partial charge is 0.375 e. The van der Waals surface area contributed by atoms with Crippen molar-refractivity contribution < 1.29 is 5.11 Å². The topological polar surface area (TPSA) is 46.2 Å². The van der Waals surface area contributed by atoms with Crippen LogP contribution < -0.4 is 5.73 Å².